The van der Waals surface area contributed by atoms with Crippen LogP contribution in [0.5, 0.6) is 0 Å². The van der Waals surface area contributed by atoms with E-state index in [2.05, 4.69) is 39.5 Å². The van der Waals surface area contributed by atoms with Crippen molar-refractivity contribution < 1.29 is 5.11 Å². The number of H-pyrrole nitrogens is 1. The molecule has 1 fully saturated rings. The number of rotatable bonds is 5. The van der Waals surface area contributed by atoms with E-state index in [0.717, 1.165) is 66.0 Å². The van der Waals surface area contributed by atoms with Gasteiger partial charge in [-0.1, -0.05) is 66.7 Å². The summed E-state index contributed by atoms with van der Waals surface area (Å²) in [6, 6.07) is 26.7. The van der Waals surface area contributed by atoms with Gasteiger partial charge in [0.05, 0.1) is 28.1 Å². The van der Waals surface area contributed by atoms with Crippen molar-refractivity contribution in [1.82, 2.24) is 19.8 Å². The molecule has 3 aromatic carbocycles. The predicted octanol–water partition coefficient (Wildman–Crippen LogP) is 4.38. The van der Waals surface area contributed by atoms with E-state index in [1.807, 2.05) is 66.1 Å². The van der Waals surface area contributed by atoms with Gasteiger partial charge in [-0.25, -0.2) is 4.79 Å². The largest absolute Gasteiger partial charge is 0.368 e. The number of aromatic amines is 1. The lowest BCUT2D eigenvalue weighted by molar-refractivity contribution is 0.180. The Balaban J connectivity index is 1.16. The number of para-hydroxylation sites is 2. The first kappa shape index (κ1) is 23.5. The molecule has 0 amide bonds. The lowest BCUT2D eigenvalue weighted by atomic mass is 10.0. The van der Waals surface area contributed by atoms with Crippen LogP contribution in [0.1, 0.15) is 42.5 Å². The Morgan fingerprint density at radius 1 is 0.919 bits per heavy atom. The summed E-state index contributed by atoms with van der Waals surface area (Å²) in [7, 11) is 0. The molecule has 3 N–H and O–H groups in total. The second-order valence-electron chi connectivity index (χ2n) is 9.91. The van der Waals surface area contributed by atoms with Crippen LogP contribution in [-0.4, -0.2) is 44.6 Å². The second kappa shape index (κ2) is 9.84. The Labute approximate surface area is 215 Å². The normalized spacial score (nSPS) is 19.2. The SMILES string of the molecule is CC1=NC(c2ccccc2)=C(c2ccc(CN3CCC(n4c(=O)[nH]c5ccccc54)CC3)cc2)NC1O. The molecule has 6 rings (SSSR count). The number of nitrogens with one attached hydrogen (secondary N) is 2. The molecule has 0 bridgehead atoms. The summed E-state index contributed by atoms with van der Waals surface area (Å²) >= 11 is 0. The van der Waals surface area contributed by atoms with Gasteiger partial charge in [0, 0.05) is 31.2 Å². The highest BCUT2D eigenvalue weighted by Crippen LogP contribution is 2.30. The van der Waals surface area contributed by atoms with Crippen molar-refractivity contribution in [3.8, 4) is 0 Å². The number of fused-ring (bicyclic) bond motifs is 1. The van der Waals surface area contributed by atoms with Crippen molar-refractivity contribution in [3.05, 3.63) is 106 Å². The van der Waals surface area contributed by atoms with E-state index in [9.17, 15) is 9.90 Å². The number of aromatic nitrogens is 2. The number of aliphatic hydroxyl groups excluding tert-OH is 1. The standard InChI is InChI=1S/C30H31N5O2/c1-20-29(36)33-28(27(31-20)22-7-3-2-4-8-22)23-13-11-21(12-14-23)19-34-17-15-24(16-18-34)35-26-10-6-5-9-25(26)32-30(35)37/h2-14,24,29,33,36H,15-19H2,1H3,(H,32,37). The van der Waals surface area contributed by atoms with E-state index in [1.54, 1.807) is 0 Å². The number of benzene rings is 3. The Bertz CT molecular complexity index is 1520. The molecule has 0 spiro atoms. The van der Waals surface area contributed by atoms with Crippen molar-refractivity contribution in [2.45, 2.75) is 38.6 Å². The van der Waals surface area contributed by atoms with E-state index in [0.29, 0.717) is 5.71 Å². The fourth-order valence-electron chi connectivity index (χ4n) is 5.44. The highest BCUT2D eigenvalue weighted by Gasteiger charge is 2.24. The van der Waals surface area contributed by atoms with Gasteiger partial charge in [0.25, 0.3) is 0 Å². The monoisotopic (exact) mass is 493 g/mol. The summed E-state index contributed by atoms with van der Waals surface area (Å²) in [5, 5.41) is 13.6. The first-order chi connectivity index (χ1) is 18.1. The minimum absolute atomic E-state index is 0.0135. The van der Waals surface area contributed by atoms with Gasteiger partial charge in [-0.2, -0.15) is 0 Å². The molecule has 2 aliphatic heterocycles. The number of piperidine rings is 1. The molecule has 0 saturated carbocycles. The molecule has 7 heteroatoms. The maximum atomic E-state index is 12.6. The van der Waals surface area contributed by atoms with Crippen LogP contribution in [0.3, 0.4) is 0 Å². The molecule has 4 aromatic rings. The molecule has 1 unspecified atom stereocenters. The van der Waals surface area contributed by atoms with Crippen molar-refractivity contribution in [3.63, 3.8) is 0 Å². The summed E-state index contributed by atoms with van der Waals surface area (Å²) in [5.41, 5.74) is 7.45. The number of hydrogen-bond acceptors (Lipinski definition) is 5. The number of likely N-dealkylation sites (tertiary alicyclic amines) is 1. The van der Waals surface area contributed by atoms with Crippen molar-refractivity contribution in [2.24, 2.45) is 4.99 Å². The number of nitrogens with zero attached hydrogens (tertiary/aromatic N) is 3. The topological polar surface area (TPSA) is 85.7 Å². The first-order valence-corrected chi connectivity index (χ1v) is 12.9. The Kier molecular flexibility index (Phi) is 6.24. The van der Waals surface area contributed by atoms with E-state index < -0.39 is 6.23 Å². The molecule has 1 saturated heterocycles. The minimum atomic E-state index is -0.798. The van der Waals surface area contributed by atoms with Gasteiger partial charge in [-0.15, -0.1) is 0 Å². The average molecular weight is 494 g/mol. The lowest BCUT2D eigenvalue weighted by Crippen LogP contribution is -2.37. The molecule has 2 aliphatic rings. The van der Waals surface area contributed by atoms with Gasteiger partial charge in [0.2, 0.25) is 0 Å². The zero-order chi connectivity index (χ0) is 25.4. The Morgan fingerprint density at radius 2 is 1.62 bits per heavy atom. The third kappa shape index (κ3) is 4.63. The Morgan fingerprint density at radius 3 is 2.38 bits per heavy atom. The van der Waals surface area contributed by atoms with E-state index in [4.69, 9.17) is 4.99 Å². The molecule has 0 aliphatic carbocycles. The third-order valence-corrected chi connectivity index (χ3v) is 7.44. The van der Waals surface area contributed by atoms with Crippen LogP contribution in [0.4, 0.5) is 0 Å². The van der Waals surface area contributed by atoms with Gasteiger partial charge < -0.3 is 15.4 Å². The molecule has 188 valence electrons. The van der Waals surface area contributed by atoms with Crippen LogP contribution >= 0.6 is 0 Å². The van der Waals surface area contributed by atoms with Crippen LogP contribution in [0.2, 0.25) is 0 Å². The zero-order valence-corrected chi connectivity index (χ0v) is 20.9. The van der Waals surface area contributed by atoms with Crippen molar-refractivity contribution in [1.29, 1.82) is 0 Å². The smallest absolute Gasteiger partial charge is 0.326 e. The molecule has 3 heterocycles. The fourth-order valence-corrected chi connectivity index (χ4v) is 5.44. The minimum Gasteiger partial charge on any atom is -0.368 e. The molecule has 1 aromatic heterocycles. The average Bonchev–Trinajstić information content (AvgIpc) is 3.27. The number of imidazole rings is 1. The van der Waals surface area contributed by atoms with Crippen LogP contribution < -0.4 is 11.0 Å². The van der Waals surface area contributed by atoms with E-state index in [1.165, 1.54) is 5.56 Å². The third-order valence-electron chi connectivity index (χ3n) is 7.44. The Hall–Kier alpha value is -3.94. The zero-order valence-electron chi connectivity index (χ0n) is 20.9. The number of aliphatic imine (C=N–C) groups is 1. The maximum Gasteiger partial charge on any atom is 0.326 e. The van der Waals surface area contributed by atoms with E-state index >= 15 is 0 Å². The quantitative estimate of drug-likeness (QED) is 0.385. The van der Waals surface area contributed by atoms with Gasteiger partial charge in [-0.3, -0.25) is 14.5 Å². The molecule has 0 radical (unpaired) electrons. The molecule has 7 nitrogen and oxygen atoms in total. The van der Waals surface area contributed by atoms with Crippen molar-refractivity contribution >= 4 is 28.1 Å². The molecular weight excluding hydrogens is 462 g/mol. The highest BCUT2D eigenvalue weighted by molar-refractivity contribution is 6.01. The van der Waals surface area contributed by atoms with Crippen LogP contribution in [0.25, 0.3) is 22.4 Å². The lowest BCUT2D eigenvalue weighted by Gasteiger charge is -2.32. The van der Waals surface area contributed by atoms with Crippen LogP contribution in [0, 0.1) is 0 Å². The van der Waals surface area contributed by atoms with Gasteiger partial charge in [0.15, 0.2) is 6.23 Å². The van der Waals surface area contributed by atoms with Crippen LogP contribution in [-0.2, 0) is 6.54 Å². The molecule has 1 atom stereocenters. The number of aliphatic hydroxyl groups is 1. The van der Waals surface area contributed by atoms with Crippen molar-refractivity contribution in [2.75, 3.05) is 13.1 Å². The molecule has 37 heavy (non-hydrogen) atoms. The number of hydrogen-bond donors (Lipinski definition) is 3. The van der Waals surface area contributed by atoms with Gasteiger partial charge >= 0.3 is 5.69 Å². The maximum absolute atomic E-state index is 12.6. The van der Waals surface area contributed by atoms with Gasteiger partial charge in [-0.05, 0) is 43.0 Å². The molecular formula is C30H31N5O2. The summed E-state index contributed by atoms with van der Waals surface area (Å²) in [4.78, 5) is 22.7. The summed E-state index contributed by atoms with van der Waals surface area (Å²) < 4.78 is 1.94. The first-order valence-electron chi connectivity index (χ1n) is 12.9. The fraction of sp³-hybridized carbons (Fsp3) is 0.267. The summed E-state index contributed by atoms with van der Waals surface area (Å²) in [5.74, 6) is 0. The van der Waals surface area contributed by atoms with Gasteiger partial charge in [0.1, 0.15) is 0 Å². The van der Waals surface area contributed by atoms with E-state index in [-0.39, 0.29) is 11.7 Å². The van der Waals surface area contributed by atoms with Crippen LogP contribution in [0.15, 0.2) is 88.6 Å². The summed E-state index contributed by atoms with van der Waals surface area (Å²) in [6.07, 6.45) is 1.10. The summed E-state index contributed by atoms with van der Waals surface area (Å²) in [6.45, 7) is 4.60. The highest BCUT2D eigenvalue weighted by atomic mass is 16.3. The second-order valence-corrected chi connectivity index (χ2v) is 9.91. The predicted molar refractivity (Wildman–Crippen MR) is 148 cm³/mol.